The van der Waals surface area contributed by atoms with Crippen LogP contribution in [-0.2, 0) is 0 Å². The molecular formula is C13H17Cl2NO2. The molecule has 0 radical (unpaired) electrons. The molecule has 0 bridgehead atoms. The predicted octanol–water partition coefficient (Wildman–Crippen LogP) is 4.92. The Morgan fingerprint density at radius 2 is 1.83 bits per heavy atom. The lowest BCUT2D eigenvalue weighted by atomic mass is 9.83. The van der Waals surface area contributed by atoms with Crippen molar-refractivity contribution >= 4 is 28.9 Å². The largest absolute Gasteiger partial charge is 0.288 e. The van der Waals surface area contributed by atoms with Crippen LogP contribution in [0.4, 0.5) is 5.69 Å². The van der Waals surface area contributed by atoms with Gasteiger partial charge in [-0.05, 0) is 37.0 Å². The van der Waals surface area contributed by atoms with E-state index >= 15 is 0 Å². The van der Waals surface area contributed by atoms with Crippen LogP contribution >= 0.6 is 23.2 Å². The van der Waals surface area contributed by atoms with E-state index in [1.54, 1.807) is 6.07 Å². The van der Waals surface area contributed by atoms with Gasteiger partial charge < -0.3 is 0 Å². The smallest absolute Gasteiger partial charge is 0.258 e. The van der Waals surface area contributed by atoms with Crippen LogP contribution in [0.2, 0.25) is 5.02 Å². The summed E-state index contributed by atoms with van der Waals surface area (Å²) in [6.45, 7) is 7.95. The van der Waals surface area contributed by atoms with Crippen LogP contribution in [0.5, 0.6) is 0 Å². The molecule has 0 saturated carbocycles. The van der Waals surface area contributed by atoms with Crippen LogP contribution in [0.1, 0.15) is 37.8 Å². The van der Waals surface area contributed by atoms with Crippen molar-refractivity contribution in [3.8, 4) is 0 Å². The molecule has 100 valence electrons. The maximum atomic E-state index is 10.8. The molecule has 0 saturated heterocycles. The zero-order valence-electron chi connectivity index (χ0n) is 10.9. The maximum Gasteiger partial charge on any atom is 0.288 e. The van der Waals surface area contributed by atoms with E-state index in [9.17, 15) is 10.1 Å². The van der Waals surface area contributed by atoms with E-state index in [-0.39, 0.29) is 22.0 Å². The lowest BCUT2D eigenvalue weighted by Gasteiger charge is -2.25. The molecule has 0 N–H and O–H groups in total. The summed E-state index contributed by atoms with van der Waals surface area (Å²) in [5.41, 5.74) is 1.79. The minimum absolute atomic E-state index is 0.0531. The molecule has 0 amide bonds. The number of halogens is 2. The number of hydrogen-bond acceptors (Lipinski definition) is 2. The number of benzene rings is 1. The summed E-state index contributed by atoms with van der Waals surface area (Å²) in [6, 6.07) is 3.20. The molecule has 0 spiro atoms. The van der Waals surface area contributed by atoms with Crippen molar-refractivity contribution in [2.75, 3.05) is 0 Å². The summed E-state index contributed by atoms with van der Waals surface area (Å²) in [5.74, 6) is 0.471. The number of nitrogens with zero attached hydrogens (tertiary/aromatic N) is 1. The first kappa shape index (κ1) is 15.3. The van der Waals surface area contributed by atoms with Crippen LogP contribution in [0.3, 0.4) is 0 Å². The Labute approximate surface area is 117 Å². The second-order valence-corrected chi connectivity index (χ2v) is 5.96. The number of nitro groups is 1. The second kappa shape index (κ2) is 5.89. The van der Waals surface area contributed by atoms with Crippen LogP contribution in [0.25, 0.3) is 0 Å². The van der Waals surface area contributed by atoms with Gasteiger partial charge in [0.1, 0.15) is 5.02 Å². The molecule has 0 heterocycles. The zero-order valence-corrected chi connectivity index (χ0v) is 12.4. The SMILES string of the molecule is Cc1cc([N+](=O)[O-])c(Cl)cc1C(C(C)C)C(C)Cl. The summed E-state index contributed by atoms with van der Waals surface area (Å²) < 4.78 is 0. The first-order valence-corrected chi connectivity index (χ1v) is 6.65. The van der Waals surface area contributed by atoms with Crippen molar-refractivity contribution in [3.63, 3.8) is 0 Å². The Balaban J connectivity index is 3.34. The number of rotatable bonds is 4. The highest BCUT2D eigenvalue weighted by Crippen LogP contribution is 2.37. The van der Waals surface area contributed by atoms with E-state index in [0.717, 1.165) is 11.1 Å². The van der Waals surface area contributed by atoms with Gasteiger partial charge >= 0.3 is 0 Å². The molecule has 5 heteroatoms. The molecule has 0 aliphatic heterocycles. The minimum atomic E-state index is -0.465. The van der Waals surface area contributed by atoms with Crippen molar-refractivity contribution < 1.29 is 4.92 Å². The highest BCUT2D eigenvalue weighted by Gasteiger charge is 2.25. The molecule has 0 aliphatic rings. The van der Waals surface area contributed by atoms with Crippen molar-refractivity contribution in [1.29, 1.82) is 0 Å². The Bertz CT molecular complexity index is 451. The highest BCUT2D eigenvalue weighted by molar-refractivity contribution is 6.32. The average Bonchev–Trinajstić information content (AvgIpc) is 2.21. The Morgan fingerprint density at radius 3 is 2.22 bits per heavy atom. The summed E-state index contributed by atoms with van der Waals surface area (Å²) >= 11 is 12.2. The van der Waals surface area contributed by atoms with Crippen LogP contribution in [-0.4, -0.2) is 10.3 Å². The first-order valence-electron chi connectivity index (χ1n) is 5.84. The Kier molecular flexibility index (Phi) is 5.00. The monoisotopic (exact) mass is 289 g/mol. The first-order chi connectivity index (χ1) is 8.25. The number of alkyl halides is 1. The van der Waals surface area contributed by atoms with E-state index in [2.05, 4.69) is 13.8 Å². The molecule has 1 rings (SSSR count). The van der Waals surface area contributed by atoms with Gasteiger partial charge in [0.2, 0.25) is 0 Å². The molecule has 2 atom stereocenters. The van der Waals surface area contributed by atoms with Crippen molar-refractivity contribution in [2.24, 2.45) is 5.92 Å². The van der Waals surface area contributed by atoms with Gasteiger partial charge in [-0.15, -0.1) is 11.6 Å². The molecule has 0 fully saturated rings. The van der Waals surface area contributed by atoms with Gasteiger partial charge in [-0.3, -0.25) is 10.1 Å². The fraction of sp³-hybridized carbons (Fsp3) is 0.538. The molecular weight excluding hydrogens is 273 g/mol. The van der Waals surface area contributed by atoms with Crippen molar-refractivity contribution in [1.82, 2.24) is 0 Å². The van der Waals surface area contributed by atoms with Crippen LogP contribution in [0.15, 0.2) is 12.1 Å². The summed E-state index contributed by atoms with van der Waals surface area (Å²) in [4.78, 5) is 10.4. The van der Waals surface area contributed by atoms with E-state index in [1.807, 2.05) is 13.8 Å². The van der Waals surface area contributed by atoms with E-state index in [1.165, 1.54) is 6.07 Å². The maximum absolute atomic E-state index is 10.8. The number of hydrogen-bond donors (Lipinski definition) is 0. The van der Waals surface area contributed by atoms with E-state index in [4.69, 9.17) is 23.2 Å². The summed E-state index contributed by atoms with van der Waals surface area (Å²) in [7, 11) is 0. The summed E-state index contributed by atoms with van der Waals surface area (Å²) in [6.07, 6.45) is 0. The molecule has 1 aromatic carbocycles. The summed E-state index contributed by atoms with van der Waals surface area (Å²) in [5, 5.41) is 10.9. The Morgan fingerprint density at radius 1 is 1.28 bits per heavy atom. The molecule has 0 aromatic heterocycles. The van der Waals surface area contributed by atoms with Gasteiger partial charge in [0.25, 0.3) is 5.69 Å². The Hall–Kier alpha value is -0.800. The number of nitro benzene ring substituents is 1. The van der Waals surface area contributed by atoms with E-state index < -0.39 is 4.92 Å². The molecule has 0 aliphatic carbocycles. The highest BCUT2D eigenvalue weighted by atomic mass is 35.5. The average molecular weight is 290 g/mol. The molecule has 3 nitrogen and oxygen atoms in total. The topological polar surface area (TPSA) is 43.1 Å². The van der Waals surface area contributed by atoms with Gasteiger partial charge in [0.05, 0.1) is 4.92 Å². The van der Waals surface area contributed by atoms with Crippen LogP contribution < -0.4 is 0 Å². The third-order valence-electron chi connectivity index (χ3n) is 3.10. The van der Waals surface area contributed by atoms with Crippen molar-refractivity contribution in [2.45, 2.75) is 39.0 Å². The third-order valence-corrected chi connectivity index (χ3v) is 3.68. The molecule has 18 heavy (non-hydrogen) atoms. The van der Waals surface area contributed by atoms with Crippen molar-refractivity contribution in [3.05, 3.63) is 38.4 Å². The van der Waals surface area contributed by atoms with Crippen LogP contribution in [0, 0.1) is 23.0 Å². The quantitative estimate of drug-likeness (QED) is 0.448. The van der Waals surface area contributed by atoms with Gasteiger partial charge in [0.15, 0.2) is 0 Å². The molecule has 2 unspecified atom stereocenters. The lowest BCUT2D eigenvalue weighted by Crippen LogP contribution is -2.17. The van der Waals surface area contributed by atoms with Gasteiger partial charge in [0, 0.05) is 17.4 Å². The predicted molar refractivity (Wildman–Crippen MR) is 75.7 cm³/mol. The lowest BCUT2D eigenvalue weighted by molar-refractivity contribution is -0.384. The number of aryl methyl sites for hydroxylation is 1. The molecule has 1 aromatic rings. The minimum Gasteiger partial charge on any atom is -0.258 e. The van der Waals surface area contributed by atoms with Gasteiger partial charge in [-0.25, -0.2) is 0 Å². The standard InChI is InChI=1S/C13H17Cl2NO2/c1-7(2)13(9(4)14)10-6-11(15)12(16(17)18)5-8(10)3/h5-7,9,13H,1-4H3. The normalized spacial score (nSPS) is 14.6. The van der Waals surface area contributed by atoms with E-state index in [0.29, 0.717) is 5.92 Å². The third kappa shape index (κ3) is 3.15. The van der Waals surface area contributed by atoms with Gasteiger partial charge in [-0.2, -0.15) is 0 Å². The van der Waals surface area contributed by atoms with Gasteiger partial charge in [-0.1, -0.05) is 25.4 Å². The second-order valence-electron chi connectivity index (χ2n) is 4.86. The fourth-order valence-electron chi connectivity index (χ4n) is 2.32. The fourth-order valence-corrected chi connectivity index (χ4v) is 2.99. The zero-order chi connectivity index (χ0) is 14.0.